The molecule has 1 amide bonds. The Labute approximate surface area is 149 Å². The summed E-state index contributed by atoms with van der Waals surface area (Å²) >= 11 is 2.00. The van der Waals surface area contributed by atoms with E-state index in [4.69, 9.17) is 0 Å². The van der Waals surface area contributed by atoms with E-state index in [1.54, 1.807) is 0 Å². The quantitative estimate of drug-likeness (QED) is 0.262. The van der Waals surface area contributed by atoms with Gasteiger partial charge in [-0.25, -0.2) is 0 Å². The van der Waals surface area contributed by atoms with E-state index >= 15 is 0 Å². The van der Waals surface area contributed by atoms with Crippen LogP contribution in [0.5, 0.6) is 0 Å². The van der Waals surface area contributed by atoms with E-state index in [9.17, 15) is 4.79 Å². The number of halogens is 1. The zero-order valence-electron chi connectivity index (χ0n) is 13.3. The van der Waals surface area contributed by atoms with Gasteiger partial charge in [0.25, 0.3) is 0 Å². The van der Waals surface area contributed by atoms with Gasteiger partial charge in [-0.3, -0.25) is 9.79 Å². The summed E-state index contributed by atoms with van der Waals surface area (Å²) in [5.41, 5.74) is 0. The average molecular weight is 428 g/mol. The Morgan fingerprint density at radius 2 is 2.14 bits per heavy atom. The highest BCUT2D eigenvalue weighted by atomic mass is 127. The van der Waals surface area contributed by atoms with Gasteiger partial charge in [-0.1, -0.05) is 13.8 Å². The van der Waals surface area contributed by atoms with Crippen LogP contribution >= 0.6 is 35.7 Å². The number of hydrogen-bond acceptors (Lipinski definition) is 3. The zero-order chi connectivity index (χ0) is 14.8. The predicted octanol–water partition coefficient (Wildman–Crippen LogP) is 1.83. The Bertz CT molecular complexity index is 320. The van der Waals surface area contributed by atoms with Crippen LogP contribution in [0.25, 0.3) is 0 Å². The van der Waals surface area contributed by atoms with Crippen LogP contribution in [0.3, 0.4) is 0 Å². The highest BCUT2D eigenvalue weighted by Gasteiger charge is 2.14. The van der Waals surface area contributed by atoms with E-state index < -0.39 is 0 Å². The van der Waals surface area contributed by atoms with Gasteiger partial charge in [-0.15, -0.1) is 24.0 Å². The molecule has 0 aromatic carbocycles. The van der Waals surface area contributed by atoms with Crippen LogP contribution in [0.2, 0.25) is 0 Å². The molecule has 1 unspecified atom stereocenters. The summed E-state index contributed by atoms with van der Waals surface area (Å²) < 4.78 is 0. The van der Waals surface area contributed by atoms with Crippen molar-refractivity contribution in [2.75, 3.05) is 31.1 Å². The first-order valence-corrected chi connectivity index (χ1v) is 8.69. The lowest BCUT2D eigenvalue weighted by atomic mass is 10.2. The van der Waals surface area contributed by atoms with Gasteiger partial charge >= 0.3 is 0 Å². The summed E-state index contributed by atoms with van der Waals surface area (Å²) in [4.78, 5) is 15.9. The first-order chi connectivity index (χ1) is 9.63. The average Bonchev–Trinajstić information content (AvgIpc) is 2.44. The van der Waals surface area contributed by atoms with E-state index in [1.165, 1.54) is 18.6 Å². The van der Waals surface area contributed by atoms with Crippen molar-refractivity contribution < 1.29 is 4.79 Å². The predicted molar refractivity (Wildman–Crippen MR) is 103 cm³/mol. The largest absolute Gasteiger partial charge is 0.357 e. The summed E-state index contributed by atoms with van der Waals surface area (Å²) in [6, 6.07) is 0.511. The molecule has 1 fully saturated rings. The van der Waals surface area contributed by atoms with Crippen molar-refractivity contribution in [3.63, 3.8) is 0 Å². The molecule has 7 heteroatoms. The number of carbonyl (C=O) groups excluding carboxylic acids is 1. The third kappa shape index (κ3) is 9.44. The van der Waals surface area contributed by atoms with E-state index in [2.05, 4.69) is 27.9 Å². The topological polar surface area (TPSA) is 65.5 Å². The molecule has 0 saturated carbocycles. The molecule has 0 bridgehead atoms. The molecule has 0 aromatic rings. The highest BCUT2D eigenvalue weighted by Crippen LogP contribution is 2.16. The molecule has 5 nitrogen and oxygen atoms in total. The Kier molecular flexibility index (Phi) is 12.3. The van der Waals surface area contributed by atoms with Gasteiger partial charge in [-0.2, -0.15) is 11.8 Å². The maximum absolute atomic E-state index is 11.4. The monoisotopic (exact) mass is 428 g/mol. The van der Waals surface area contributed by atoms with Crippen molar-refractivity contribution in [3.8, 4) is 0 Å². The Morgan fingerprint density at radius 1 is 1.38 bits per heavy atom. The SMILES string of the molecule is CCNC(=NCCNC(=O)C(C)C)NC1CCCSC1.I. The fourth-order valence-electron chi connectivity index (χ4n) is 1.92. The van der Waals surface area contributed by atoms with E-state index in [1.807, 2.05) is 25.6 Å². The smallest absolute Gasteiger partial charge is 0.222 e. The molecule has 124 valence electrons. The van der Waals surface area contributed by atoms with Crippen molar-refractivity contribution in [3.05, 3.63) is 0 Å². The number of nitrogens with one attached hydrogen (secondary N) is 3. The third-order valence-electron chi connectivity index (χ3n) is 3.05. The summed E-state index contributed by atoms with van der Waals surface area (Å²) in [5, 5.41) is 9.61. The molecule has 1 atom stereocenters. The van der Waals surface area contributed by atoms with Crippen LogP contribution in [0.4, 0.5) is 0 Å². The third-order valence-corrected chi connectivity index (χ3v) is 4.27. The first kappa shape index (κ1) is 20.8. The van der Waals surface area contributed by atoms with E-state index in [-0.39, 0.29) is 35.8 Å². The van der Waals surface area contributed by atoms with E-state index in [0.717, 1.165) is 18.3 Å². The van der Waals surface area contributed by atoms with Gasteiger partial charge < -0.3 is 16.0 Å². The lowest BCUT2D eigenvalue weighted by Crippen LogP contribution is -2.45. The van der Waals surface area contributed by atoms with Crippen molar-refractivity contribution in [2.45, 2.75) is 39.7 Å². The van der Waals surface area contributed by atoms with Gasteiger partial charge in [0.1, 0.15) is 0 Å². The van der Waals surface area contributed by atoms with Crippen molar-refractivity contribution in [2.24, 2.45) is 10.9 Å². The summed E-state index contributed by atoms with van der Waals surface area (Å²) in [6.45, 7) is 7.90. The van der Waals surface area contributed by atoms with Gasteiger partial charge in [0, 0.05) is 30.8 Å². The molecule has 1 saturated heterocycles. The number of nitrogens with zero attached hydrogens (tertiary/aromatic N) is 1. The maximum Gasteiger partial charge on any atom is 0.222 e. The number of carbonyl (C=O) groups is 1. The molecular weight excluding hydrogens is 399 g/mol. The molecule has 21 heavy (non-hydrogen) atoms. The Hall–Kier alpha value is -0.180. The number of hydrogen-bond donors (Lipinski definition) is 3. The number of amides is 1. The second-order valence-electron chi connectivity index (χ2n) is 5.26. The number of rotatable bonds is 6. The molecule has 0 aromatic heterocycles. The fourth-order valence-corrected chi connectivity index (χ4v) is 2.99. The molecule has 0 radical (unpaired) electrons. The Morgan fingerprint density at radius 3 is 2.71 bits per heavy atom. The van der Waals surface area contributed by atoms with Gasteiger partial charge in [-0.05, 0) is 25.5 Å². The zero-order valence-corrected chi connectivity index (χ0v) is 16.4. The standard InChI is InChI=1S/C14H28N4OS.HI/c1-4-15-14(18-12-6-5-9-20-10-12)17-8-7-16-13(19)11(2)3;/h11-12H,4-10H2,1-3H3,(H,16,19)(H2,15,17,18);1H. The molecule has 1 aliphatic heterocycles. The molecular formula is C14H29IN4OS. The molecule has 0 spiro atoms. The number of thioether (sulfide) groups is 1. The second-order valence-corrected chi connectivity index (χ2v) is 6.41. The summed E-state index contributed by atoms with van der Waals surface area (Å²) in [6.07, 6.45) is 2.48. The van der Waals surface area contributed by atoms with Crippen molar-refractivity contribution >= 4 is 47.6 Å². The minimum Gasteiger partial charge on any atom is -0.357 e. The normalized spacial score (nSPS) is 18.9. The maximum atomic E-state index is 11.4. The minimum absolute atomic E-state index is 0. The van der Waals surface area contributed by atoms with Crippen LogP contribution in [-0.4, -0.2) is 49.0 Å². The molecule has 0 aliphatic carbocycles. The number of aliphatic imine (C=N–C) groups is 1. The Balaban J connectivity index is 0.00000400. The van der Waals surface area contributed by atoms with Crippen LogP contribution in [0, 0.1) is 5.92 Å². The van der Waals surface area contributed by atoms with Crippen molar-refractivity contribution in [1.29, 1.82) is 0 Å². The van der Waals surface area contributed by atoms with Gasteiger partial charge in [0.15, 0.2) is 5.96 Å². The number of guanidine groups is 1. The second kappa shape index (κ2) is 12.4. The van der Waals surface area contributed by atoms with Gasteiger partial charge in [0.05, 0.1) is 6.54 Å². The van der Waals surface area contributed by atoms with Crippen LogP contribution in [0.1, 0.15) is 33.6 Å². The van der Waals surface area contributed by atoms with Crippen LogP contribution < -0.4 is 16.0 Å². The highest BCUT2D eigenvalue weighted by molar-refractivity contribution is 14.0. The first-order valence-electron chi connectivity index (χ1n) is 7.53. The molecule has 1 heterocycles. The minimum atomic E-state index is 0. The summed E-state index contributed by atoms with van der Waals surface area (Å²) in [5.74, 6) is 3.40. The lowest BCUT2D eigenvalue weighted by molar-refractivity contribution is -0.123. The van der Waals surface area contributed by atoms with Gasteiger partial charge in [0.2, 0.25) is 5.91 Å². The lowest BCUT2D eigenvalue weighted by Gasteiger charge is -2.24. The fraction of sp³-hybridized carbons (Fsp3) is 0.857. The van der Waals surface area contributed by atoms with Crippen molar-refractivity contribution in [1.82, 2.24) is 16.0 Å². The summed E-state index contributed by atoms with van der Waals surface area (Å²) in [7, 11) is 0. The molecule has 1 rings (SSSR count). The molecule has 3 N–H and O–H groups in total. The van der Waals surface area contributed by atoms with Crippen LogP contribution in [0.15, 0.2) is 4.99 Å². The van der Waals surface area contributed by atoms with E-state index in [0.29, 0.717) is 19.1 Å². The molecule has 1 aliphatic rings. The van der Waals surface area contributed by atoms with Crippen LogP contribution in [-0.2, 0) is 4.79 Å².